The van der Waals surface area contributed by atoms with Crippen molar-refractivity contribution in [3.63, 3.8) is 0 Å². The normalized spacial score (nSPS) is 26.2. The highest BCUT2D eigenvalue weighted by molar-refractivity contribution is 5.78. The van der Waals surface area contributed by atoms with Gasteiger partial charge in [0.2, 0.25) is 5.91 Å². The number of hydrogen-bond donors (Lipinski definition) is 1. The van der Waals surface area contributed by atoms with Gasteiger partial charge in [-0.1, -0.05) is 43.7 Å². The molecule has 2 heterocycles. The molecule has 1 N–H and O–H groups in total. The highest BCUT2D eigenvalue weighted by atomic mass is 16.5. The SMILES string of the molecule is CC[C@@H]1CN(CC(=O)NC2CCOCC2)CC[C@H]1c1ccccc1. The van der Waals surface area contributed by atoms with Gasteiger partial charge in [-0.3, -0.25) is 9.69 Å². The smallest absolute Gasteiger partial charge is 0.234 e. The largest absolute Gasteiger partial charge is 0.381 e. The van der Waals surface area contributed by atoms with Crippen LogP contribution in [0.2, 0.25) is 0 Å². The Kier molecular flexibility index (Phi) is 6.27. The summed E-state index contributed by atoms with van der Waals surface area (Å²) >= 11 is 0. The first-order valence-electron chi connectivity index (χ1n) is 9.40. The maximum atomic E-state index is 12.3. The Morgan fingerprint density at radius 3 is 2.67 bits per heavy atom. The summed E-state index contributed by atoms with van der Waals surface area (Å²) < 4.78 is 5.35. The van der Waals surface area contributed by atoms with Crippen molar-refractivity contribution in [3.8, 4) is 0 Å². The molecule has 0 spiro atoms. The number of benzene rings is 1. The van der Waals surface area contributed by atoms with E-state index in [4.69, 9.17) is 4.74 Å². The first-order valence-corrected chi connectivity index (χ1v) is 9.40. The number of rotatable bonds is 5. The van der Waals surface area contributed by atoms with Crippen molar-refractivity contribution in [1.29, 1.82) is 0 Å². The van der Waals surface area contributed by atoms with E-state index in [0.717, 1.165) is 52.0 Å². The minimum atomic E-state index is 0.176. The average molecular weight is 330 g/mol. The standard InChI is InChI=1S/C20H30N2O2/c1-2-16-14-22(11-8-19(16)17-6-4-3-5-7-17)15-20(23)21-18-9-12-24-13-10-18/h3-7,16,18-19H,2,8-15H2,1H3,(H,21,23)/t16-,19-/m1/s1. The molecule has 2 saturated heterocycles. The fourth-order valence-electron chi connectivity index (χ4n) is 4.12. The second kappa shape index (κ2) is 8.63. The van der Waals surface area contributed by atoms with Crippen LogP contribution in [0.4, 0.5) is 0 Å². The summed E-state index contributed by atoms with van der Waals surface area (Å²) in [6, 6.07) is 11.2. The fraction of sp³-hybridized carbons (Fsp3) is 0.650. The van der Waals surface area contributed by atoms with Crippen LogP contribution in [0.3, 0.4) is 0 Å². The van der Waals surface area contributed by atoms with Gasteiger partial charge in [-0.25, -0.2) is 0 Å². The zero-order chi connectivity index (χ0) is 16.8. The molecule has 0 aromatic heterocycles. The predicted octanol–water partition coefficient (Wildman–Crippen LogP) is 2.80. The van der Waals surface area contributed by atoms with Gasteiger partial charge in [0.25, 0.3) is 0 Å². The second-order valence-electron chi connectivity index (χ2n) is 7.16. The molecule has 0 unspecified atom stereocenters. The Hall–Kier alpha value is -1.39. The van der Waals surface area contributed by atoms with Crippen LogP contribution in [-0.2, 0) is 9.53 Å². The Bertz CT molecular complexity index is 514. The lowest BCUT2D eigenvalue weighted by Crippen LogP contribution is -2.47. The first kappa shape index (κ1) is 17.4. The lowest BCUT2D eigenvalue weighted by Gasteiger charge is -2.38. The lowest BCUT2D eigenvalue weighted by molar-refractivity contribution is -0.124. The van der Waals surface area contributed by atoms with Crippen molar-refractivity contribution in [2.75, 3.05) is 32.8 Å². The van der Waals surface area contributed by atoms with E-state index in [0.29, 0.717) is 24.4 Å². The molecule has 1 aromatic rings. The summed E-state index contributed by atoms with van der Waals surface area (Å²) in [5.74, 6) is 1.44. The molecular formula is C20H30N2O2. The van der Waals surface area contributed by atoms with E-state index in [2.05, 4.69) is 47.5 Å². The number of carbonyl (C=O) groups excluding carboxylic acids is 1. The van der Waals surface area contributed by atoms with Crippen molar-refractivity contribution < 1.29 is 9.53 Å². The third kappa shape index (κ3) is 4.58. The number of ether oxygens (including phenoxy) is 1. The van der Waals surface area contributed by atoms with Crippen LogP contribution in [-0.4, -0.2) is 49.7 Å². The van der Waals surface area contributed by atoms with Crippen molar-refractivity contribution in [2.24, 2.45) is 5.92 Å². The molecule has 2 atom stereocenters. The van der Waals surface area contributed by atoms with Gasteiger partial charge in [0.15, 0.2) is 0 Å². The van der Waals surface area contributed by atoms with Crippen molar-refractivity contribution >= 4 is 5.91 Å². The highest BCUT2D eigenvalue weighted by Crippen LogP contribution is 2.34. The van der Waals surface area contributed by atoms with Crippen LogP contribution in [0.1, 0.15) is 44.1 Å². The molecule has 2 aliphatic heterocycles. The van der Waals surface area contributed by atoms with Crippen LogP contribution in [0.15, 0.2) is 30.3 Å². The van der Waals surface area contributed by atoms with Gasteiger partial charge in [-0.2, -0.15) is 0 Å². The molecule has 2 fully saturated rings. The molecule has 24 heavy (non-hydrogen) atoms. The van der Waals surface area contributed by atoms with Crippen molar-refractivity contribution in [1.82, 2.24) is 10.2 Å². The summed E-state index contributed by atoms with van der Waals surface area (Å²) in [4.78, 5) is 14.7. The first-order chi connectivity index (χ1) is 11.8. The van der Waals surface area contributed by atoms with E-state index in [-0.39, 0.29) is 5.91 Å². The molecule has 132 valence electrons. The monoisotopic (exact) mass is 330 g/mol. The number of likely N-dealkylation sites (tertiary alicyclic amines) is 1. The zero-order valence-corrected chi connectivity index (χ0v) is 14.7. The number of nitrogens with zero attached hydrogens (tertiary/aromatic N) is 1. The van der Waals surface area contributed by atoms with Gasteiger partial charge in [0.05, 0.1) is 6.54 Å². The Balaban J connectivity index is 1.51. The van der Waals surface area contributed by atoms with Gasteiger partial charge in [-0.05, 0) is 43.2 Å². The van der Waals surface area contributed by atoms with Crippen LogP contribution in [0.5, 0.6) is 0 Å². The molecule has 4 nitrogen and oxygen atoms in total. The summed E-state index contributed by atoms with van der Waals surface area (Å²) in [5, 5.41) is 3.18. The molecule has 1 amide bonds. The molecule has 3 rings (SSSR count). The number of amides is 1. The lowest BCUT2D eigenvalue weighted by atomic mass is 9.79. The Morgan fingerprint density at radius 1 is 1.21 bits per heavy atom. The summed E-state index contributed by atoms with van der Waals surface area (Å²) in [7, 11) is 0. The van der Waals surface area contributed by atoms with E-state index >= 15 is 0 Å². The third-order valence-electron chi connectivity index (χ3n) is 5.52. The number of carbonyl (C=O) groups is 1. The number of hydrogen-bond acceptors (Lipinski definition) is 3. The molecule has 0 bridgehead atoms. The fourth-order valence-corrected chi connectivity index (χ4v) is 4.12. The van der Waals surface area contributed by atoms with Gasteiger partial charge >= 0.3 is 0 Å². The molecule has 1 aromatic carbocycles. The second-order valence-corrected chi connectivity index (χ2v) is 7.16. The Labute approximate surface area is 145 Å². The van der Waals surface area contributed by atoms with Gasteiger partial charge < -0.3 is 10.1 Å². The van der Waals surface area contributed by atoms with Crippen LogP contribution in [0, 0.1) is 5.92 Å². The summed E-state index contributed by atoms with van der Waals surface area (Å²) in [6.45, 7) is 6.38. The average Bonchev–Trinajstić information content (AvgIpc) is 2.63. The van der Waals surface area contributed by atoms with Gasteiger partial charge in [0.1, 0.15) is 0 Å². The van der Waals surface area contributed by atoms with Crippen molar-refractivity contribution in [3.05, 3.63) is 35.9 Å². The minimum Gasteiger partial charge on any atom is -0.381 e. The molecule has 0 saturated carbocycles. The van der Waals surface area contributed by atoms with E-state index in [9.17, 15) is 4.79 Å². The van der Waals surface area contributed by atoms with E-state index < -0.39 is 0 Å². The Morgan fingerprint density at radius 2 is 1.96 bits per heavy atom. The zero-order valence-electron chi connectivity index (χ0n) is 14.7. The van der Waals surface area contributed by atoms with E-state index in [1.165, 1.54) is 5.56 Å². The van der Waals surface area contributed by atoms with Crippen LogP contribution < -0.4 is 5.32 Å². The number of nitrogens with one attached hydrogen (secondary N) is 1. The molecule has 4 heteroatoms. The quantitative estimate of drug-likeness (QED) is 0.903. The highest BCUT2D eigenvalue weighted by Gasteiger charge is 2.30. The number of piperidine rings is 1. The van der Waals surface area contributed by atoms with E-state index in [1.807, 2.05) is 0 Å². The minimum absolute atomic E-state index is 0.176. The summed E-state index contributed by atoms with van der Waals surface area (Å²) in [5.41, 5.74) is 1.45. The van der Waals surface area contributed by atoms with Gasteiger partial charge in [-0.15, -0.1) is 0 Å². The summed E-state index contributed by atoms with van der Waals surface area (Å²) in [6.07, 6.45) is 4.20. The van der Waals surface area contributed by atoms with Crippen LogP contribution >= 0.6 is 0 Å². The predicted molar refractivity (Wildman–Crippen MR) is 96.0 cm³/mol. The molecule has 2 aliphatic rings. The van der Waals surface area contributed by atoms with Gasteiger partial charge in [0, 0.05) is 25.8 Å². The molecule has 0 aliphatic carbocycles. The molecular weight excluding hydrogens is 300 g/mol. The maximum Gasteiger partial charge on any atom is 0.234 e. The van der Waals surface area contributed by atoms with E-state index in [1.54, 1.807) is 0 Å². The van der Waals surface area contributed by atoms with Crippen LogP contribution in [0.25, 0.3) is 0 Å². The maximum absolute atomic E-state index is 12.3. The van der Waals surface area contributed by atoms with Crippen molar-refractivity contribution in [2.45, 2.75) is 44.6 Å². The third-order valence-corrected chi connectivity index (χ3v) is 5.52. The topological polar surface area (TPSA) is 41.6 Å². The molecule has 0 radical (unpaired) electrons.